The minimum Gasteiger partial charge on any atom is -0.339 e. The fraction of sp³-hybridized carbons (Fsp3) is 0.0625. The van der Waals surface area contributed by atoms with E-state index in [9.17, 15) is 0 Å². The molecule has 0 unspecified atom stereocenters. The molecule has 0 aromatic heterocycles. The van der Waals surface area contributed by atoms with E-state index in [0.717, 1.165) is 28.0 Å². The van der Waals surface area contributed by atoms with E-state index in [1.54, 1.807) is 0 Å². The molecule has 2 N–H and O–H groups in total. The molecule has 4 nitrogen and oxygen atoms in total. The molecule has 4 aromatic rings. The average Bonchev–Trinajstić information content (AvgIpc) is 3.41. The summed E-state index contributed by atoms with van der Waals surface area (Å²) in [7, 11) is 0. The Morgan fingerprint density at radius 3 is 1.66 bits per heavy atom. The Kier molecular flexibility index (Phi) is 8.03. The lowest BCUT2D eigenvalue weighted by atomic mass is 9.83. The molecule has 4 aromatic carbocycles. The lowest BCUT2D eigenvalue weighted by Crippen LogP contribution is -2.47. The number of benzene rings is 4. The van der Waals surface area contributed by atoms with Gasteiger partial charge in [-0.15, -0.1) is 0 Å². The van der Waals surface area contributed by atoms with Gasteiger partial charge in [-0.2, -0.15) is 5.10 Å². The molecule has 0 atom stereocenters. The maximum atomic E-state index is 6.04. The molecule has 0 saturated heterocycles. The Hall–Kier alpha value is -4.12. The van der Waals surface area contributed by atoms with Crippen molar-refractivity contribution >= 4 is 47.0 Å². The first-order valence-corrected chi connectivity index (χ1v) is 13.0. The second-order valence-electron chi connectivity index (χ2n) is 8.85. The van der Waals surface area contributed by atoms with Gasteiger partial charge >= 0.3 is 0 Å². The van der Waals surface area contributed by atoms with Crippen LogP contribution in [-0.4, -0.2) is 18.2 Å². The molecule has 0 bridgehead atoms. The van der Waals surface area contributed by atoms with E-state index in [-0.39, 0.29) is 0 Å². The van der Waals surface area contributed by atoms with Crippen LogP contribution in [0.3, 0.4) is 0 Å². The van der Waals surface area contributed by atoms with Crippen molar-refractivity contribution in [1.82, 2.24) is 10.7 Å². The molecule has 0 radical (unpaired) electrons. The normalized spacial score (nSPS) is 14.3. The molecule has 38 heavy (non-hydrogen) atoms. The molecular weight excluding hydrogens is 511 g/mol. The third-order valence-electron chi connectivity index (χ3n) is 6.26. The van der Waals surface area contributed by atoms with Crippen molar-refractivity contribution in [2.45, 2.75) is 5.54 Å². The van der Waals surface area contributed by atoms with Gasteiger partial charge in [0.15, 0.2) is 0 Å². The summed E-state index contributed by atoms with van der Waals surface area (Å²) in [5, 5.41) is 9.68. The summed E-state index contributed by atoms with van der Waals surface area (Å²) in [4.78, 5) is 4.78. The summed E-state index contributed by atoms with van der Waals surface area (Å²) in [5.41, 5.74) is 7.71. The lowest BCUT2D eigenvalue weighted by Gasteiger charge is -2.30. The van der Waals surface area contributed by atoms with Gasteiger partial charge in [-0.25, -0.2) is 10.4 Å². The summed E-state index contributed by atoms with van der Waals surface area (Å²) < 4.78 is 0. The predicted octanol–water partition coefficient (Wildman–Crippen LogP) is 7.57. The van der Waals surface area contributed by atoms with Crippen molar-refractivity contribution in [3.63, 3.8) is 0 Å². The van der Waals surface area contributed by atoms with Gasteiger partial charge in [0.2, 0.25) is 5.96 Å². The molecule has 0 saturated carbocycles. The second-order valence-corrected chi connectivity index (χ2v) is 9.72. The van der Waals surface area contributed by atoms with Gasteiger partial charge in [-0.3, -0.25) is 0 Å². The smallest absolute Gasteiger partial charge is 0.213 e. The Bertz CT molecular complexity index is 1380. The van der Waals surface area contributed by atoms with E-state index in [1.165, 1.54) is 0 Å². The number of halogens is 2. The molecule has 1 aliphatic rings. The van der Waals surface area contributed by atoms with Crippen LogP contribution in [0.5, 0.6) is 0 Å². The van der Waals surface area contributed by atoms with E-state index >= 15 is 0 Å². The fourth-order valence-corrected chi connectivity index (χ4v) is 4.49. The molecule has 5 rings (SSSR count). The highest BCUT2D eigenvalue weighted by Crippen LogP contribution is 2.32. The molecule has 0 spiro atoms. The van der Waals surface area contributed by atoms with E-state index in [4.69, 9.17) is 28.2 Å². The van der Waals surface area contributed by atoms with Gasteiger partial charge in [-0.05, 0) is 58.7 Å². The third kappa shape index (κ3) is 6.23. The summed E-state index contributed by atoms with van der Waals surface area (Å²) in [6.07, 6.45) is 7.87. The van der Waals surface area contributed by atoms with E-state index < -0.39 is 5.54 Å². The molecule has 0 fully saturated rings. The number of hydrogen-bond acceptors (Lipinski definition) is 4. The van der Waals surface area contributed by atoms with Crippen LogP contribution in [0, 0.1) is 0 Å². The lowest BCUT2D eigenvalue weighted by molar-refractivity contribution is 0.520. The van der Waals surface area contributed by atoms with Crippen molar-refractivity contribution in [1.29, 1.82) is 0 Å². The zero-order valence-electron chi connectivity index (χ0n) is 20.6. The zero-order chi connectivity index (χ0) is 26.2. The van der Waals surface area contributed by atoms with Crippen LogP contribution in [0.2, 0.25) is 10.0 Å². The van der Waals surface area contributed by atoms with E-state index in [0.29, 0.717) is 22.5 Å². The minimum absolute atomic E-state index is 0.473. The van der Waals surface area contributed by atoms with Crippen molar-refractivity contribution < 1.29 is 0 Å². The van der Waals surface area contributed by atoms with Crippen LogP contribution < -0.4 is 10.7 Å². The number of allylic oxidation sites excluding steroid dienone is 2. The fourth-order valence-electron chi connectivity index (χ4n) is 4.24. The molecular formula is C32H26Cl2N4. The van der Waals surface area contributed by atoms with Gasteiger partial charge < -0.3 is 5.32 Å². The van der Waals surface area contributed by atoms with E-state index in [2.05, 4.69) is 40.1 Å². The van der Waals surface area contributed by atoms with Crippen LogP contribution in [0.4, 0.5) is 0 Å². The summed E-state index contributed by atoms with van der Waals surface area (Å²) >= 11 is 12.1. The first-order chi connectivity index (χ1) is 18.6. The molecule has 6 heteroatoms. The van der Waals surface area contributed by atoms with Crippen molar-refractivity contribution in [2.24, 2.45) is 10.1 Å². The van der Waals surface area contributed by atoms with Gasteiger partial charge in [-0.1, -0.05) is 120 Å². The molecule has 0 aliphatic carbocycles. The summed E-state index contributed by atoms with van der Waals surface area (Å²) in [5.74, 6) is 0.606. The molecule has 1 heterocycles. The third-order valence-corrected chi connectivity index (χ3v) is 6.77. The average molecular weight is 537 g/mol. The number of guanidine groups is 1. The first-order valence-electron chi connectivity index (χ1n) is 12.3. The van der Waals surface area contributed by atoms with Gasteiger partial charge in [0.25, 0.3) is 0 Å². The molecule has 1 aliphatic heterocycles. The number of nitrogens with one attached hydrogen (secondary N) is 2. The number of hydrazone groups is 1. The van der Waals surface area contributed by atoms with Crippen LogP contribution in [0.1, 0.15) is 22.3 Å². The Labute approximate surface area is 233 Å². The van der Waals surface area contributed by atoms with Crippen molar-refractivity contribution in [3.8, 4) is 0 Å². The largest absolute Gasteiger partial charge is 0.339 e. The van der Waals surface area contributed by atoms with Crippen molar-refractivity contribution in [2.75, 3.05) is 6.54 Å². The SMILES string of the molecule is Clc1ccc(/C=C/C(/C=C/c2ccc(Cl)cc2)=NNC2=NCC(c3ccccc3)(c3ccccc3)N2)cc1. The maximum absolute atomic E-state index is 6.04. The zero-order valence-corrected chi connectivity index (χ0v) is 22.1. The van der Waals surface area contributed by atoms with Crippen LogP contribution >= 0.6 is 23.2 Å². The monoisotopic (exact) mass is 536 g/mol. The Balaban J connectivity index is 1.40. The summed E-state index contributed by atoms with van der Waals surface area (Å²) in [6, 6.07) is 36.0. The Morgan fingerprint density at radius 1 is 0.711 bits per heavy atom. The number of rotatable bonds is 7. The molecule has 0 amide bonds. The predicted molar refractivity (Wildman–Crippen MR) is 161 cm³/mol. The first kappa shape index (κ1) is 25.5. The molecule has 188 valence electrons. The van der Waals surface area contributed by atoms with Crippen molar-refractivity contribution in [3.05, 3.63) is 154 Å². The van der Waals surface area contributed by atoms with Crippen LogP contribution in [0.15, 0.2) is 131 Å². The topological polar surface area (TPSA) is 48.8 Å². The van der Waals surface area contributed by atoms with Gasteiger partial charge in [0.1, 0.15) is 5.54 Å². The Morgan fingerprint density at radius 2 is 1.18 bits per heavy atom. The second kappa shape index (κ2) is 12.0. The summed E-state index contributed by atoms with van der Waals surface area (Å²) in [6.45, 7) is 0.551. The standard InChI is InChI=1S/C32H26Cl2N4/c33-28-17-11-24(12-18-28)15-21-30(22-16-25-13-19-29(34)20-14-25)37-38-31-35-23-32(36-31,26-7-3-1-4-8-26)27-9-5-2-6-10-27/h1-22H,23H2,(H2,35,36,38)/b21-15+,22-16+. The highest BCUT2D eigenvalue weighted by atomic mass is 35.5. The van der Waals surface area contributed by atoms with E-state index in [1.807, 2.05) is 109 Å². The number of hydrogen-bond donors (Lipinski definition) is 2. The quantitative estimate of drug-likeness (QED) is 0.189. The number of aliphatic imine (C=N–C) groups is 1. The van der Waals surface area contributed by atoms with Gasteiger partial charge in [0.05, 0.1) is 12.3 Å². The highest BCUT2D eigenvalue weighted by molar-refractivity contribution is 6.30. The van der Waals surface area contributed by atoms with Crippen LogP contribution in [-0.2, 0) is 5.54 Å². The van der Waals surface area contributed by atoms with Crippen LogP contribution in [0.25, 0.3) is 12.2 Å². The maximum Gasteiger partial charge on any atom is 0.213 e. The van der Waals surface area contributed by atoms with Gasteiger partial charge in [0, 0.05) is 10.0 Å². The highest BCUT2D eigenvalue weighted by Gasteiger charge is 2.38. The minimum atomic E-state index is -0.473. The number of nitrogens with zero attached hydrogens (tertiary/aromatic N) is 2.